The van der Waals surface area contributed by atoms with Gasteiger partial charge in [0.05, 0.1) is 6.04 Å². The van der Waals surface area contributed by atoms with E-state index in [1.807, 2.05) is 36.4 Å². The Hall–Kier alpha value is -1.19. The number of hydrogen-bond donors (Lipinski definition) is 1. The van der Waals surface area contributed by atoms with E-state index in [2.05, 4.69) is 21.2 Å². The van der Waals surface area contributed by atoms with Crippen molar-refractivity contribution in [1.29, 1.82) is 0 Å². The molecule has 1 atom stereocenters. The molecule has 0 radical (unpaired) electrons. The van der Waals surface area contributed by atoms with Gasteiger partial charge in [-0.3, -0.25) is 4.79 Å². The smallest absolute Gasteiger partial charge is 0.180 e. The van der Waals surface area contributed by atoms with Crippen molar-refractivity contribution in [2.75, 3.05) is 6.54 Å². The van der Waals surface area contributed by atoms with Crippen LogP contribution in [-0.2, 0) is 0 Å². The van der Waals surface area contributed by atoms with Crippen LogP contribution in [0.2, 0.25) is 0 Å². The summed E-state index contributed by atoms with van der Waals surface area (Å²) in [4.78, 5) is 12.5. The highest BCUT2D eigenvalue weighted by Crippen LogP contribution is 2.28. The van der Waals surface area contributed by atoms with Crippen molar-refractivity contribution in [3.8, 4) is 0 Å². The predicted molar refractivity (Wildman–Crippen MR) is 77.0 cm³/mol. The Labute approximate surface area is 115 Å². The number of nitrogens with one attached hydrogen (secondary N) is 1. The highest BCUT2D eigenvalue weighted by Gasteiger charge is 2.24. The maximum absolute atomic E-state index is 12.5. The molecule has 92 valence electrons. The van der Waals surface area contributed by atoms with E-state index < -0.39 is 0 Å². The predicted octanol–water partition coefficient (Wildman–Crippen LogP) is 3.54. The van der Waals surface area contributed by atoms with E-state index in [1.165, 1.54) is 0 Å². The first kappa shape index (κ1) is 11.9. The lowest BCUT2D eigenvalue weighted by Gasteiger charge is -2.12. The topological polar surface area (TPSA) is 29.1 Å². The molecule has 2 aromatic carbocycles. The number of carbonyl (C=O) groups is 1. The van der Waals surface area contributed by atoms with Gasteiger partial charge in [0.15, 0.2) is 5.78 Å². The van der Waals surface area contributed by atoms with Gasteiger partial charge in [0.25, 0.3) is 0 Å². The molecule has 2 aromatic rings. The van der Waals surface area contributed by atoms with Crippen molar-refractivity contribution in [3.63, 3.8) is 0 Å². The van der Waals surface area contributed by atoms with Gasteiger partial charge in [-0.1, -0.05) is 40.2 Å². The summed E-state index contributed by atoms with van der Waals surface area (Å²) in [5, 5.41) is 5.40. The summed E-state index contributed by atoms with van der Waals surface area (Å²) >= 11 is 3.54. The van der Waals surface area contributed by atoms with E-state index in [9.17, 15) is 4.79 Å². The zero-order valence-corrected chi connectivity index (χ0v) is 11.5. The third-order valence-corrected chi connectivity index (χ3v) is 4.20. The van der Waals surface area contributed by atoms with Gasteiger partial charge in [-0.15, -0.1) is 0 Å². The molecule has 0 saturated carbocycles. The van der Waals surface area contributed by atoms with E-state index in [0.29, 0.717) is 0 Å². The van der Waals surface area contributed by atoms with Crippen molar-refractivity contribution in [1.82, 2.24) is 5.32 Å². The molecular formula is C15H14BrNO. The van der Waals surface area contributed by atoms with Crippen molar-refractivity contribution < 1.29 is 4.79 Å². The van der Waals surface area contributed by atoms with Crippen molar-refractivity contribution in [2.45, 2.75) is 18.9 Å². The van der Waals surface area contributed by atoms with Gasteiger partial charge in [-0.2, -0.15) is 0 Å². The van der Waals surface area contributed by atoms with E-state index >= 15 is 0 Å². The minimum absolute atomic E-state index is 0.00502. The number of rotatable bonds is 2. The Morgan fingerprint density at radius 1 is 1.17 bits per heavy atom. The van der Waals surface area contributed by atoms with Crippen molar-refractivity contribution >= 4 is 32.5 Å². The first-order valence-corrected chi connectivity index (χ1v) is 7.01. The molecule has 1 saturated heterocycles. The molecule has 0 amide bonds. The van der Waals surface area contributed by atoms with Crippen LogP contribution in [0, 0.1) is 0 Å². The van der Waals surface area contributed by atoms with Crippen LogP contribution >= 0.6 is 15.9 Å². The quantitative estimate of drug-likeness (QED) is 0.860. The first-order chi connectivity index (χ1) is 8.77. The highest BCUT2D eigenvalue weighted by atomic mass is 79.9. The molecule has 0 spiro atoms. The summed E-state index contributed by atoms with van der Waals surface area (Å²) in [6, 6.07) is 11.9. The highest BCUT2D eigenvalue weighted by molar-refractivity contribution is 9.10. The third-order valence-electron chi connectivity index (χ3n) is 3.51. The van der Waals surface area contributed by atoms with Crippen LogP contribution in [0.15, 0.2) is 40.9 Å². The number of Topliss-reactive ketones (excluding diaryl/α,β-unsaturated/α-hetero) is 1. The summed E-state index contributed by atoms with van der Waals surface area (Å²) in [5.41, 5.74) is 0.827. The second kappa shape index (κ2) is 4.82. The molecule has 1 aliphatic heterocycles. The van der Waals surface area contributed by atoms with Gasteiger partial charge in [-0.25, -0.2) is 0 Å². The molecule has 3 rings (SSSR count). The number of carbonyl (C=O) groups excluding carboxylic acids is 1. The summed E-state index contributed by atoms with van der Waals surface area (Å²) in [7, 11) is 0. The maximum Gasteiger partial charge on any atom is 0.180 e. The van der Waals surface area contributed by atoms with E-state index in [0.717, 1.165) is 40.2 Å². The first-order valence-electron chi connectivity index (χ1n) is 6.22. The molecule has 0 bridgehead atoms. The number of ketones is 1. The van der Waals surface area contributed by atoms with E-state index in [1.54, 1.807) is 0 Å². The van der Waals surface area contributed by atoms with Crippen LogP contribution in [0.4, 0.5) is 0 Å². The fourth-order valence-corrected chi connectivity index (χ4v) is 3.05. The van der Waals surface area contributed by atoms with Crippen LogP contribution in [0.1, 0.15) is 23.2 Å². The average Bonchev–Trinajstić information content (AvgIpc) is 2.93. The number of benzene rings is 2. The van der Waals surface area contributed by atoms with Crippen molar-refractivity contribution in [3.05, 3.63) is 46.4 Å². The zero-order valence-electron chi connectivity index (χ0n) is 9.95. The molecule has 3 heteroatoms. The Morgan fingerprint density at radius 3 is 2.67 bits per heavy atom. The van der Waals surface area contributed by atoms with Crippen LogP contribution < -0.4 is 5.32 Å². The van der Waals surface area contributed by atoms with Gasteiger partial charge in [0, 0.05) is 10.0 Å². The summed E-state index contributed by atoms with van der Waals surface area (Å²) in [6.45, 7) is 0.949. The Bertz CT molecular complexity index is 602. The number of fused-ring (bicyclic) bond motifs is 1. The molecular weight excluding hydrogens is 290 g/mol. The largest absolute Gasteiger partial charge is 0.307 e. The standard InChI is InChI=1S/C15H14BrNO/c16-13-8-7-12(10-4-1-2-5-11(10)13)15(18)14-6-3-9-17-14/h1-2,4-5,7-8,14,17H,3,6,9H2. The SMILES string of the molecule is O=C(c1ccc(Br)c2ccccc12)C1CCCN1. The maximum atomic E-state index is 12.5. The van der Waals surface area contributed by atoms with Gasteiger partial charge < -0.3 is 5.32 Å². The van der Waals surface area contributed by atoms with Crippen molar-refractivity contribution in [2.24, 2.45) is 0 Å². The fourth-order valence-electron chi connectivity index (χ4n) is 2.57. The van der Waals surface area contributed by atoms with E-state index in [-0.39, 0.29) is 11.8 Å². The van der Waals surface area contributed by atoms with Crippen LogP contribution in [0.25, 0.3) is 10.8 Å². The summed E-state index contributed by atoms with van der Waals surface area (Å²) in [5.74, 6) is 0.219. The Balaban J connectivity index is 2.11. The lowest BCUT2D eigenvalue weighted by atomic mass is 9.97. The van der Waals surface area contributed by atoms with Crippen LogP contribution in [0.3, 0.4) is 0 Å². The van der Waals surface area contributed by atoms with Gasteiger partial charge in [0.2, 0.25) is 0 Å². The lowest BCUT2D eigenvalue weighted by molar-refractivity contribution is 0.0954. The van der Waals surface area contributed by atoms with Crippen LogP contribution in [-0.4, -0.2) is 18.4 Å². The van der Waals surface area contributed by atoms with E-state index in [4.69, 9.17) is 0 Å². The normalized spacial score (nSPS) is 19.3. The minimum Gasteiger partial charge on any atom is -0.307 e. The minimum atomic E-state index is -0.00502. The summed E-state index contributed by atoms with van der Waals surface area (Å²) in [6.07, 6.45) is 2.04. The Morgan fingerprint density at radius 2 is 1.94 bits per heavy atom. The number of hydrogen-bond acceptors (Lipinski definition) is 2. The number of halogens is 1. The molecule has 1 N–H and O–H groups in total. The molecule has 2 nitrogen and oxygen atoms in total. The molecule has 0 aliphatic carbocycles. The van der Waals surface area contributed by atoms with Gasteiger partial charge >= 0.3 is 0 Å². The third kappa shape index (κ3) is 1.98. The molecule has 1 fully saturated rings. The molecule has 1 heterocycles. The second-order valence-electron chi connectivity index (χ2n) is 4.65. The molecule has 18 heavy (non-hydrogen) atoms. The molecule has 1 unspecified atom stereocenters. The molecule has 1 aliphatic rings. The van der Waals surface area contributed by atoms with Gasteiger partial charge in [0.1, 0.15) is 0 Å². The zero-order chi connectivity index (χ0) is 12.5. The molecule has 0 aromatic heterocycles. The second-order valence-corrected chi connectivity index (χ2v) is 5.51. The fraction of sp³-hybridized carbons (Fsp3) is 0.267. The lowest BCUT2D eigenvalue weighted by Crippen LogP contribution is -2.30. The summed E-state index contributed by atoms with van der Waals surface area (Å²) < 4.78 is 1.04. The monoisotopic (exact) mass is 303 g/mol. The van der Waals surface area contributed by atoms with Gasteiger partial charge in [-0.05, 0) is 42.3 Å². The van der Waals surface area contributed by atoms with Crippen LogP contribution in [0.5, 0.6) is 0 Å². The Kier molecular flexibility index (Phi) is 3.18. The average molecular weight is 304 g/mol.